The summed E-state index contributed by atoms with van der Waals surface area (Å²) in [6, 6.07) is 15.7. The third-order valence-electron chi connectivity index (χ3n) is 3.62. The minimum absolute atomic E-state index is 0.114. The molecule has 2 aromatic rings. The van der Waals surface area contributed by atoms with Gasteiger partial charge in [0.2, 0.25) is 0 Å². The summed E-state index contributed by atoms with van der Waals surface area (Å²) in [6.07, 6.45) is -0.802. The third kappa shape index (κ3) is 5.28. The van der Waals surface area contributed by atoms with Crippen molar-refractivity contribution >= 4 is 11.4 Å². The maximum absolute atomic E-state index is 11.2. The zero-order valence-corrected chi connectivity index (χ0v) is 13.8. The van der Waals surface area contributed by atoms with E-state index in [1.165, 1.54) is 18.2 Å². The molecule has 130 valence electrons. The van der Waals surface area contributed by atoms with E-state index in [0.29, 0.717) is 12.3 Å². The van der Waals surface area contributed by atoms with E-state index in [4.69, 9.17) is 10.00 Å². The predicted molar refractivity (Wildman–Crippen MR) is 93.2 cm³/mol. The van der Waals surface area contributed by atoms with Crippen LogP contribution in [0, 0.1) is 21.4 Å². The van der Waals surface area contributed by atoms with Crippen LogP contribution in [0.5, 0.6) is 0 Å². The Morgan fingerprint density at radius 1 is 1.32 bits per heavy atom. The second kappa shape index (κ2) is 8.78. The van der Waals surface area contributed by atoms with Gasteiger partial charge in [0.05, 0.1) is 35.9 Å². The molecule has 1 N–H and O–H groups in total. The number of aliphatic hydroxyl groups is 1. The Bertz CT molecular complexity index is 759. The van der Waals surface area contributed by atoms with Gasteiger partial charge >= 0.3 is 0 Å². The van der Waals surface area contributed by atoms with E-state index < -0.39 is 11.0 Å². The van der Waals surface area contributed by atoms with E-state index in [2.05, 4.69) is 0 Å². The zero-order valence-electron chi connectivity index (χ0n) is 13.8. The standard InChI is InChI=1S/C18H19N3O4/c1-20(17-8-7-15(10-19)9-18(17)21(23)24)11-16(22)13-25-12-14-5-3-2-4-6-14/h2-9,16,22H,11-13H2,1H3. The number of benzene rings is 2. The highest BCUT2D eigenvalue weighted by Gasteiger charge is 2.20. The number of rotatable bonds is 8. The van der Waals surface area contributed by atoms with Gasteiger partial charge in [-0.2, -0.15) is 5.26 Å². The molecule has 0 bridgehead atoms. The number of ether oxygens (including phenoxy) is 1. The fourth-order valence-corrected chi connectivity index (χ4v) is 2.42. The van der Waals surface area contributed by atoms with Gasteiger partial charge in [-0.25, -0.2) is 0 Å². The lowest BCUT2D eigenvalue weighted by molar-refractivity contribution is -0.384. The molecule has 0 aliphatic carbocycles. The molecule has 25 heavy (non-hydrogen) atoms. The number of nitro benzene ring substituents is 1. The molecule has 0 spiro atoms. The molecule has 7 heteroatoms. The fraction of sp³-hybridized carbons (Fsp3) is 0.278. The van der Waals surface area contributed by atoms with Crippen LogP contribution < -0.4 is 4.90 Å². The number of nitriles is 1. The first-order valence-electron chi connectivity index (χ1n) is 7.70. The van der Waals surface area contributed by atoms with Gasteiger partial charge in [-0.05, 0) is 17.7 Å². The van der Waals surface area contributed by atoms with Gasteiger partial charge < -0.3 is 14.7 Å². The van der Waals surface area contributed by atoms with Crippen molar-refractivity contribution in [2.45, 2.75) is 12.7 Å². The summed E-state index contributed by atoms with van der Waals surface area (Å²) >= 11 is 0. The highest BCUT2D eigenvalue weighted by atomic mass is 16.6. The van der Waals surface area contributed by atoms with Crippen LogP contribution in [0.25, 0.3) is 0 Å². The van der Waals surface area contributed by atoms with Gasteiger partial charge in [-0.3, -0.25) is 10.1 Å². The van der Waals surface area contributed by atoms with E-state index in [9.17, 15) is 15.2 Å². The molecule has 0 amide bonds. The SMILES string of the molecule is CN(CC(O)COCc1ccccc1)c1ccc(C#N)cc1[N+](=O)[O-]. The van der Waals surface area contributed by atoms with E-state index in [-0.39, 0.29) is 24.4 Å². The minimum Gasteiger partial charge on any atom is -0.389 e. The van der Waals surface area contributed by atoms with Crippen molar-refractivity contribution in [3.8, 4) is 6.07 Å². The van der Waals surface area contributed by atoms with Crippen LogP contribution in [-0.4, -0.2) is 36.3 Å². The van der Waals surface area contributed by atoms with Crippen molar-refractivity contribution < 1.29 is 14.8 Å². The van der Waals surface area contributed by atoms with Crippen LogP contribution in [0.1, 0.15) is 11.1 Å². The maximum atomic E-state index is 11.2. The van der Waals surface area contributed by atoms with Crippen LogP contribution in [0.2, 0.25) is 0 Å². The van der Waals surface area contributed by atoms with Gasteiger partial charge in [0.1, 0.15) is 5.69 Å². The first kappa shape index (κ1) is 18.4. The average molecular weight is 341 g/mol. The van der Waals surface area contributed by atoms with E-state index >= 15 is 0 Å². The van der Waals surface area contributed by atoms with Crippen LogP contribution in [0.15, 0.2) is 48.5 Å². The smallest absolute Gasteiger partial charge is 0.293 e. The fourth-order valence-electron chi connectivity index (χ4n) is 2.42. The predicted octanol–water partition coefficient (Wildman–Crippen LogP) is 2.48. The number of anilines is 1. The van der Waals surface area contributed by atoms with Crippen molar-refractivity contribution in [1.29, 1.82) is 5.26 Å². The van der Waals surface area contributed by atoms with Gasteiger partial charge in [0.15, 0.2) is 0 Å². The van der Waals surface area contributed by atoms with Crippen LogP contribution >= 0.6 is 0 Å². The third-order valence-corrected chi connectivity index (χ3v) is 3.62. The number of hydrogen-bond donors (Lipinski definition) is 1. The molecule has 2 rings (SSSR count). The first-order valence-corrected chi connectivity index (χ1v) is 7.70. The normalized spacial score (nSPS) is 11.6. The van der Waals surface area contributed by atoms with Crippen molar-refractivity contribution in [3.05, 3.63) is 69.8 Å². The van der Waals surface area contributed by atoms with E-state index in [0.717, 1.165) is 5.56 Å². The second-order valence-electron chi connectivity index (χ2n) is 5.61. The Balaban J connectivity index is 1.93. The maximum Gasteiger partial charge on any atom is 0.293 e. The lowest BCUT2D eigenvalue weighted by atomic mass is 10.1. The molecule has 7 nitrogen and oxygen atoms in total. The Morgan fingerprint density at radius 3 is 2.68 bits per heavy atom. The number of likely N-dealkylation sites (N-methyl/N-ethyl adjacent to an activating group) is 1. The molecule has 0 aromatic heterocycles. The molecule has 1 atom stereocenters. The number of nitrogens with zero attached hydrogens (tertiary/aromatic N) is 3. The molecule has 0 radical (unpaired) electrons. The Kier molecular flexibility index (Phi) is 6.46. The number of aliphatic hydroxyl groups excluding tert-OH is 1. The van der Waals surface area contributed by atoms with Crippen LogP contribution in [-0.2, 0) is 11.3 Å². The van der Waals surface area contributed by atoms with Crippen molar-refractivity contribution in [2.75, 3.05) is 25.1 Å². The summed E-state index contributed by atoms with van der Waals surface area (Å²) < 4.78 is 5.48. The summed E-state index contributed by atoms with van der Waals surface area (Å²) in [5, 5.41) is 30.2. The molecular formula is C18H19N3O4. The summed E-state index contributed by atoms with van der Waals surface area (Å²) in [5.74, 6) is 0. The van der Waals surface area contributed by atoms with Crippen molar-refractivity contribution in [1.82, 2.24) is 0 Å². The topological polar surface area (TPSA) is 99.6 Å². The molecular weight excluding hydrogens is 322 g/mol. The van der Waals surface area contributed by atoms with Crippen LogP contribution in [0.3, 0.4) is 0 Å². The zero-order chi connectivity index (χ0) is 18.2. The Labute approximate surface area is 145 Å². The molecule has 0 fully saturated rings. The molecule has 0 saturated carbocycles. The van der Waals surface area contributed by atoms with E-state index in [1.807, 2.05) is 36.4 Å². The molecule has 0 aliphatic heterocycles. The highest BCUT2D eigenvalue weighted by molar-refractivity contribution is 5.65. The molecule has 0 aliphatic rings. The van der Waals surface area contributed by atoms with Crippen molar-refractivity contribution in [2.24, 2.45) is 0 Å². The second-order valence-corrected chi connectivity index (χ2v) is 5.61. The van der Waals surface area contributed by atoms with E-state index in [1.54, 1.807) is 11.9 Å². The number of nitro groups is 1. The largest absolute Gasteiger partial charge is 0.389 e. The molecule has 1 unspecified atom stereocenters. The number of hydrogen-bond acceptors (Lipinski definition) is 6. The quantitative estimate of drug-likeness (QED) is 0.585. The molecule has 0 saturated heterocycles. The van der Waals surface area contributed by atoms with Gasteiger partial charge in [-0.15, -0.1) is 0 Å². The highest BCUT2D eigenvalue weighted by Crippen LogP contribution is 2.28. The van der Waals surface area contributed by atoms with Gasteiger partial charge in [0, 0.05) is 19.7 Å². The average Bonchev–Trinajstić information content (AvgIpc) is 2.61. The van der Waals surface area contributed by atoms with Gasteiger partial charge in [-0.1, -0.05) is 30.3 Å². The summed E-state index contributed by atoms with van der Waals surface area (Å²) in [4.78, 5) is 12.2. The molecule has 0 heterocycles. The van der Waals surface area contributed by atoms with Crippen molar-refractivity contribution in [3.63, 3.8) is 0 Å². The minimum atomic E-state index is -0.802. The van der Waals surface area contributed by atoms with Gasteiger partial charge in [0.25, 0.3) is 5.69 Å². The summed E-state index contributed by atoms with van der Waals surface area (Å²) in [6.45, 7) is 0.670. The summed E-state index contributed by atoms with van der Waals surface area (Å²) in [7, 11) is 1.65. The Hall–Kier alpha value is -2.95. The first-order chi connectivity index (χ1) is 12.0. The van der Waals surface area contributed by atoms with Crippen LogP contribution in [0.4, 0.5) is 11.4 Å². The monoisotopic (exact) mass is 341 g/mol. The summed E-state index contributed by atoms with van der Waals surface area (Å²) in [5.41, 5.74) is 1.39. The lowest BCUT2D eigenvalue weighted by Gasteiger charge is -2.22. The Morgan fingerprint density at radius 2 is 2.04 bits per heavy atom. The molecule has 2 aromatic carbocycles. The lowest BCUT2D eigenvalue weighted by Crippen LogP contribution is -2.32.